The lowest BCUT2D eigenvalue weighted by atomic mass is 10.5. The molecule has 1 rings (SSSR count). The smallest absolute Gasteiger partial charge is 0.398 e. The van der Waals surface area contributed by atoms with Gasteiger partial charge in [-0.05, 0) is 59.2 Å². The van der Waals surface area contributed by atoms with Crippen molar-refractivity contribution in [2.24, 2.45) is 0 Å². The third-order valence-corrected chi connectivity index (χ3v) is 26.7. The normalized spacial score (nSPS) is 20.2. The molecule has 0 aromatic rings. The van der Waals surface area contributed by atoms with E-state index in [1.165, 1.54) is 35.5 Å². The van der Waals surface area contributed by atoms with E-state index in [0.29, 0.717) is 12.1 Å². The van der Waals surface area contributed by atoms with Crippen LogP contribution in [0.15, 0.2) is 0 Å². The molecular weight excluding hydrogens is 581 g/mol. The van der Waals surface area contributed by atoms with E-state index in [1.807, 2.05) is 13.8 Å². The summed E-state index contributed by atoms with van der Waals surface area (Å²) < 4.78 is 72.2. The minimum absolute atomic E-state index is 0.0983. The summed E-state index contributed by atoms with van der Waals surface area (Å²) in [6, 6.07) is 1.00. The Morgan fingerprint density at radius 1 is 0.714 bits per heavy atom. The van der Waals surface area contributed by atoms with Gasteiger partial charge in [-0.2, -0.15) is 0 Å². The summed E-state index contributed by atoms with van der Waals surface area (Å²) in [5.74, 6) is 0. The molecule has 0 unspecified atom stereocenters. The molecule has 1 fully saturated rings. The van der Waals surface area contributed by atoms with E-state index < -0.39 is 62.3 Å². The van der Waals surface area contributed by atoms with Gasteiger partial charge in [-0.3, -0.25) is 0 Å². The second-order valence-corrected chi connectivity index (χ2v) is 29.9. The third kappa shape index (κ3) is 9.94. The van der Waals surface area contributed by atoms with E-state index in [1.54, 1.807) is 0 Å². The Kier molecular flexibility index (Phi) is 13.5. The van der Waals surface area contributed by atoms with Gasteiger partial charge in [0.05, 0.1) is 0 Å². The first-order valence-corrected chi connectivity index (χ1v) is 27.2. The van der Waals surface area contributed by atoms with Gasteiger partial charge >= 0.3 is 35.9 Å². The second-order valence-electron chi connectivity index (χ2n) is 9.37. The van der Waals surface area contributed by atoms with Crippen LogP contribution in [0.2, 0.25) is 51.4 Å². The average Bonchev–Trinajstić information content (AvgIpc) is 2.75. The van der Waals surface area contributed by atoms with Gasteiger partial charge in [-0.15, -0.1) is 0 Å². The standard InChI is InChI=1S/C16H46O12Si7/c1-16(2)22-35(23-29(8)9,24-30(10)11)25-31(12,13)14-15-32(17-3)26-33(18-4,19-5)28-34(20-6,21-7)27-32/h16,29-30H,14-15H2,1-13H3. The molecule has 0 N–H and O–H groups in total. The van der Waals surface area contributed by atoms with Crippen LogP contribution in [-0.4, -0.2) is 104 Å². The van der Waals surface area contributed by atoms with Gasteiger partial charge in [0.25, 0.3) is 0 Å². The Bertz CT molecular complexity index is 587. The molecule has 1 heterocycles. The Balaban J connectivity index is 3.25. The largest absolute Gasteiger partial charge is 0.665 e. The topological polar surface area (TPSA) is 111 Å². The number of hydrogen-bond donors (Lipinski definition) is 0. The van der Waals surface area contributed by atoms with Crippen LogP contribution in [-0.2, 0) is 51.2 Å². The summed E-state index contributed by atoms with van der Waals surface area (Å²) in [6.45, 7) is 16.5. The molecular formula is C16H46O12Si7. The molecule has 0 aliphatic carbocycles. The maximum Gasteiger partial charge on any atom is 0.665 e. The van der Waals surface area contributed by atoms with E-state index in [2.05, 4.69) is 39.3 Å². The zero-order valence-electron chi connectivity index (χ0n) is 23.5. The molecule has 19 heteroatoms. The van der Waals surface area contributed by atoms with Gasteiger partial charge in [0.2, 0.25) is 0 Å². The van der Waals surface area contributed by atoms with Crippen molar-refractivity contribution < 1.29 is 51.2 Å². The molecule has 12 nitrogen and oxygen atoms in total. The Morgan fingerprint density at radius 2 is 1.14 bits per heavy atom. The molecule has 35 heavy (non-hydrogen) atoms. The first-order chi connectivity index (χ1) is 16.1. The van der Waals surface area contributed by atoms with Gasteiger partial charge in [0.15, 0.2) is 26.4 Å². The van der Waals surface area contributed by atoms with Gasteiger partial charge in [0, 0.05) is 47.7 Å². The predicted octanol–water partition coefficient (Wildman–Crippen LogP) is 2.17. The van der Waals surface area contributed by atoms with Crippen LogP contribution in [0.4, 0.5) is 0 Å². The summed E-state index contributed by atoms with van der Waals surface area (Å²) >= 11 is 0. The molecule has 0 spiro atoms. The highest BCUT2D eigenvalue weighted by molar-refractivity contribution is 6.87. The van der Waals surface area contributed by atoms with Crippen LogP contribution in [0, 0.1) is 0 Å². The average molecular weight is 627 g/mol. The SMILES string of the molecule is CO[Si]1(CC[Si](C)(C)O[Si](OC(C)C)(O[SiH](C)C)O[SiH](C)C)O[Si](OC)(OC)O[Si](OC)(OC)O1. The quantitative estimate of drug-likeness (QED) is 0.234. The molecule has 210 valence electrons. The third-order valence-electron chi connectivity index (χ3n) is 4.70. The number of rotatable bonds is 16. The highest BCUT2D eigenvalue weighted by Crippen LogP contribution is 2.37. The van der Waals surface area contributed by atoms with Gasteiger partial charge < -0.3 is 51.2 Å². The fraction of sp³-hybridized carbons (Fsp3) is 1.00. The van der Waals surface area contributed by atoms with Crippen molar-refractivity contribution in [2.45, 2.75) is 71.3 Å². The van der Waals surface area contributed by atoms with Gasteiger partial charge in [-0.25, -0.2) is 0 Å². The van der Waals surface area contributed by atoms with Crippen molar-refractivity contribution in [3.05, 3.63) is 0 Å². The van der Waals surface area contributed by atoms with Crippen molar-refractivity contribution in [2.75, 3.05) is 35.5 Å². The van der Waals surface area contributed by atoms with Crippen molar-refractivity contribution in [1.82, 2.24) is 0 Å². The van der Waals surface area contributed by atoms with Crippen LogP contribution >= 0.6 is 0 Å². The zero-order chi connectivity index (χ0) is 27.1. The minimum Gasteiger partial charge on any atom is -0.398 e. The first kappa shape index (κ1) is 34.1. The van der Waals surface area contributed by atoms with Gasteiger partial charge in [-0.1, -0.05) is 0 Å². The molecule has 1 aliphatic rings. The molecule has 0 radical (unpaired) electrons. The highest BCUT2D eigenvalue weighted by atomic mass is 28.6. The van der Waals surface area contributed by atoms with E-state index in [9.17, 15) is 0 Å². The van der Waals surface area contributed by atoms with Crippen molar-refractivity contribution >= 4 is 62.3 Å². The maximum absolute atomic E-state index is 6.75. The second kappa shape index (κ2) is 13.9. The molecule has 1 aliphatic heterocycles. The Morgan fingerprint density at radius 3 is 1.46 bits per heavy atom. The van der Waals surface area contributed by atoms with Crippen LogP contribution in [0.5, 0.6) is 0 Å². The summed E-state index contributed by atoms with van der Waals surface area (Å²) in [4.78, 5) is 0. The molecule has 0 amide bonds. The lowest BCUT2D eigenvalue weighted by molar-refractivity contribution is -0.0552. The number of hydrogen-bond acceptors (Lipinski definition) is 12. The fourth-order valence-electron chi connectivity index (χ4n) is 3.25. The van der Waals surface area contributed by atoms with E-state index in [4.69, 9.17) is 51.2 Å². The van der Waals surface area contributed by atoms with Crippen molar-refractivity contribution in [3.63, 3.8) is 0 Å². The molecule has 0 aromatic carbocycles. The van der Waals surface area contributed by atoms with E-state index in [0.717, 1.165) is 0 Å². The zero-order valence-corrected chi connectivity index (χ0v) is 30.9. The molecule has 0 bridgehead atoms. The van der Waals surface area contributed by atoms with Crippen LogP contribution in [0.3, 0.4) is 0 Å². The summed E-state index contributed by atoms with van der Waals surface area (Å²) in [6.07, 6.45) is -0.0983. The lowest BCUT2D eigenvalue weighted by Gasteiger charge is -2.46. The van der Waals surface area contributed by atoms with Gasteiger partial charge in [0.1, 0.15) is 0 Å². The first-order valence-electron chi connectivity index (χ1n) is 11.7. The summed E-state index contributed by atoms with van der Waals surface area (Å²) in [5, 5.41) is 0. The molecule has 0 aromatic heterocycles. The Hall–Kier alpha value is 1.04. The molecule has 0 atom stereocenters. The van der Waals surface area contributed by atoms with E-state index in [-0.39, 0.29) is 6.10 Å². The van der Waals surface area contributed by atoms with Crippen LogP contribution in [0.25, 0.3) is 0 Å². The maximum atomic E-state index is 6.75. The lowest BCUT2D eigenvalue weighted by Crippen LogP contribution is -2.74. The van der Waals surface area contributed by atoms with E-state index >= 15 is 0 Å². The predicted molar refractivity (Wildman–Crippen MR) is 146 cm³/mol. The summed E-state index contributed by atoms with van der Waals surface area (Å²) in [5.41, 5.74) is 0. The van der Waals surface area contributed by atoms with Crippen LogP contribution in [0.1, 0.15) is 13.8 Å². The minimum atomic E-state index is -3.63. The van der Waals surface area contributed by atoms with Crippen molar-refractivity contribution in [1.29, 1.82) is 0 Å². The van der Waals surface area contributed by atoms with Crippen LogP contribution < -0.4 is 0 Å². The highest BCUT2D eigenvalue weighted by Gasteiger charge is 2.71. The Labute approximate surface area is 220 Å². The monoisotopic (exact) mass is 626 g/mol. The molecule has 1 saturated heterocycles. The molecule has 0 saturated carbocycles. The fourth-order valence-corrected chi connectivity index (χ4v) is 28.4. The summed E-state index contributed by atoms with van der Waals surface area (Å²) in [7, 11) is -12.2. The van der Waals surface area contributed by atoms with Crippen molar-refractivity contribution in [3.8, 4) is 0 Å².